The molecule has 1 heterocycles. The van der Waals surface area contributed by atoms with E-state index in [-0.39, 0.29) is 10.9 Å². The summed E-state index contributed by atoms with van der Waals surface area (Å²) in [5.41, 5.74) is 1.84. The lowest BCUT2D eigenvalue weighted by atomic mass is 10.00. The first kappa shape index (κ1) is 14.5. The van der Waals surface area contributed by atoms with Crippen LogP contribution < -0.4 is 9.74 Å². The Kier molecular flexibility index (Phi) is 3.75. The molecular weight excluding hydrogens is 257 g/mol. The van der Waals surface area contributed by atoms with Crippen molar-refractivity contribution in [1.29, 1.82) is 0 Å². The zero-order valence-corrected chi connectivity index (χ0v) is 13.6. The molecule has 0 fully saturated rings. The van der Waals surface area contributed by atoms with Gasteiger partial charge in [0.2, 0.25) is 8.32 Å². The molecule has 2 nitrogen and oxygen atoms in total. The maximum Gasteiger partial charge on any atom is 0.250 e. The Morgan fingerprint density at radius 1 is 1.21 bits per heavy atom. The molecule has 0 amide bonds. The van der Waals surface area contributed by atoms with Crippen molar-refractivity contribution >= 4 is 8.32 Å². The molecule has 0 aliphatic carbocycles. The Morgan fingerprint density at radius 2 is 1.89 bits per heavy atom. The van der Waals surface area contributed by atoms with E-state index in [4.69, 9.17) is 4.43 Å². The van der Waals surface area contributed by atoms with E-state index < -0.39 is 8.32 Å². The second-order valence-corrected chi connectivity index (χ2v) is 11.5. The fourth-order valence-corrected chi connectivity index (χ4v) is 3.10. The van der Waals surface area contributed by atoms with Crippen LogP contribution in [0.3, 0.4) is 0 Å². The summed E-state index contributed by atoms with van der Waals surface area (Å²) in [5.74, 6) is 0.772. The van der Waals surface area contributed by atoms with Gasteiger partial charge < -0.3 is 9.74 Å². The van der Waals surface area contributed by atoms with Crippen molar-refractivity contribution in [2.45, 2.75) is 51.9 Å². The zero-order valence-electron chi connectivity index (χ0n) is 12.6. The maximum atomic E-state index is 13.8. The molecule has 2 rings (SSSR count). The van der Waals surface area contributed by atoms with Crippen LogP contribution >= 0.6 is 0 Å². The quantitative estimate of drug-likeness (QED) is 0.831. The molecule has 1 aromatic carbocycles. The summed E-state index contributed by atoms with van der Waals surface area (Å²) in [4.78, 5) is 0. The Labute approximate surface area is 116 Å². The van der Waals surface area contributed by atoms with E-state index in [1.54, 1.807) is 12.1 Å². The molecule has 1 aliphatic heterocycles. The van der Waals surface area contributed by atoms with Crippen LogP contribution in [0.4, 0.5) is 4.39 Å². The number of hydrogen-bond donors (Lipinski definition) is 1. The number of hydrogen-bond acceptors (Lipinski definition) is 2. The van der Waals surface area contributed by atoms with Crippen molar-refractivity contribution in [1.82, 2.24) is 5.32 Å². The van der Waals surface area contributed by atoms with Crippen LogP contribution in [0.2, 0.25) is 18.1 Å². The van der Waals surface area contributed by atoms with Gasteiger partial charge in [-0.3, -0.25) is 0 Å². The van der Waals surface area contributed by atoms with Gasteiger partial charge in [0.15, 0.2) is 0 Å². The van der Waals surface area contributed by atoms with Gasteiger partial charge in [0.05, 0.1) is 0 Å². The lowest BCUT2D eigenvalue weighted by molar-refractivity contribution is 0.473. The Balaban J connectivity index is 2.37. The van der Waals surface area contributed by atoms with Crippen molar-refractivity contribution in [2.75, 3.05) is 6.54 Å². The van der Waals surface area contributed by atoms with Crippen molar-refractivity contribution in [3.63, 3.8) is 0 Å². The molecule has 0 saturated carbocycles. The molecule has 0 unspecified atom stereocenters. The van der Waals surface area contributed by atoms with Crippen molar-refractivity contribution in [3.05, 3.63) is 29.1 Å². The summed E-state index contributed by atoms with van der Waals surface area (Å²) in [6.07, 6.45) is 0.746. The highest BCUT2D eigenvalue weighted by atomic mass is 28.4. The summed E-state index contributed by atoms with van der Waals surface area (Å²) < 4.78 is 20.2. The summed E-state index contributed by atoms with van der Waals surface area (Å²) in [5, 5.41) is 3.45. The summed E-state index contributed by atoms with van der Waals surface area (Å²) >= 11 is 0. The minimum atomic E-state index is -1.87. The maximum absolute atomic E-state index is 13.8. The first-order valence-corrected chi connectivity index (χ1v) is 9.83. The zero-order chi connectivity index (χ0) is 14.3. The van der Waals surface area contributed by atoms with E-state index in [0.29, 0.717) is 6.54 Å². The normalized spacial score (nSPS) is 16.1. The smallest absolute Gasteiger partial charge is 0.250 e. The van der Waals surface area contributed by atoms with Gasteiger partial charge in [0, 0.05) is 12.1 Å². The summed E-state index contributed by atoms with van der Waals surface area (Å²) in [6, 6.07) is 3.34. The lowest BCUT2D eigenvalue weighted by Crippen LogP contribution is -2.44. The minimum Gasteiger partial charge on any atom is -0.543 e. The lowest BCUT2D eigenvalue weighted by Gasteiger charge is -2.37. The number of rotatable bonds is 2. The van der Waals surface area contributed by atoms with Crippen LogP contribution in [0.15, 0.2) is 12.1 Å². The molecule has 106 valence electrons. The Bertz CT molecular complexity index is 480. The van der Waals surface area contributed by atoms with Crippen LogP contribution in [-0.4, -0.2) is 14.9 Å². The largest absolute Gasteiger partial charge is 0.543 e. The van der Waals surface area contributed by atoms with E-state index in [1.165, 1.54) is 0 Å². The molecule has 0 atom stereocenters. The molecule has 19 heavy (non-hydrogen) atoms. The van der Waals surface area contributed by atoms with E-state index in [9.17, 15) is 4.39 Å². The van der Waals surface area contributed by atoms with Gasteiger partial charge in [-0.15, -0.1) is 0 Å². The van der Waals surface area contributed by atoms with Crippen LogP contribution in [0, 0.1) is 5.82 Å². The molecule has 0 saturated heterocycles. The van der Waals surface area contributed by atoms with Gasteiger partial charge >= 0.3 is 0 Å². The van der Waals surface area contributed by atoms with Crippen LogP contribution in [0.25, 0.3) is 0 Å². The number of halogens is 1. The topological polar surface area (TPSA) is 21.3 Å². The highest BCUT2D eigenvalue weighted by Crippen LogP contribution is 2.39. The molecule has 1 aromatic rings. The third kappa shape index (κ3) is 2.84. The van der Waals surface area contributed by atoms with E-state index in [0.717, 1.165) is 29.8 Å². The van der Waals surface area contributed by atoms with Gasteiger partial charge in [-0.1, -0.05) is 20.8 Å². The summed E-state index contributed by atoms with van der Waals surface area (Å²) in [6.45, 7) is 12.6. The predicted molar refractivity (Wildman–Crippen MR) is 79.6 cm³/mol. The van der Waals surface area contributed by atoms with Crippen molar-refractivity contribution < 1.29 is 8.82 Å². The van der Waals surface area contributed by atoms with E-state index >= 15 is 0 Å². The second-order valence-electron chi connectivity index (χ2n) is 6.79. The highest BCUT2D eigenvalue weighted by Gasteiger charge is 2.39. The van der Waals surface area contributed by atoms with Crippen LogP contribution in [0.1, 0.15) is 31.9 Å². The van der Waals surface area contributed by atoms with Gasteiger partial charge in [-0.05, 0) is 48.8 Å². The first-order chi connectivity index (χ1) is 8.72. The molecule has 0 spiro atoms. The van der Waals surface area contributed by atoms with Crippen LogP contribution in [-0.2, 0) is 13.0 Å². The monoisotopic (exact) mass is 281 g/mol. The molecule has 0 bridgehead atoms. The fourth-order valence-electron chi connectivity index (χ4n) is 2.06. The molecule has 1 N–H and O–H groups in total. The van der Waals surface area contributed by atoms with Gasteiger partial charge in [0.25, 0.3) is 0 Å². The van der Waals surface area contributed by atoms with Crippen molar-refractivity contribution in [3.8, 4) is 5.75 Å². The van der Waals surface area contributed by atoms with Crippen molar-refractivity contribution in [2.24, 2.45) is 0 Å². The predicted octanol–water partition coefficient (Wildman–Crippen LogP) is 3.86. The average molecular weight is 281 g/mol. The number of nitrogens with one attached hydrogen (secondary N) is 1. The van der Waals surface area contributed by atoms with Gasteiger partial charge in [0.1, 0.15) is 11.6 Å². The Morgan fingerprint density at radius 3 is 2.53 bits per heavy atom. The standard InChI is InChI=1S/C15H24FNOSi/c1-15(2,3)19(4,5)18-14-7-6-13(16)11-8-9-17-10-12(11)14/h6-7,17H,8-10H2,1-5H3. The van der Waals surface area contributed by atoms with Gasteiger partial charge in [-0.2, -0.15) is 0 Å². The third-order valence-corrected chi connectivity index (χ3v) is 8.70. The van der Waals surface area contributed by atoms with Gasteiger partial charge in [-0.25, -0.2) is 4.39 Å². The highest BCUT2D eigenvalue weighted by molar-refractivity contribution is 6.74. The SMILES string of the molecule is CC(C)(C)[Si](C)(C)Oc1ccc(F)c2c1CNCC2. The molecule has 1 aliphatic rings. The fraction of sp³-hybridized carbons (Fsp3) is 0.600. The molecule has 0 radical (unpaired) electrons. The van der Waals surface area contributed by atoms with E-state index in [2.05, 4.69) is 39.2 Å². The van der Waals surface area contributed by atoms with Crippen LogP contribution in [0.5, 0.6) is 5.75 Å². The second kappa shape index (κ2) is 4.91. The first-order valence-electron chi connectivity index (χ1n) is 6.92. The minimum absolute atomic E-state index is 0.0981. The third-order valence-electron chi connectivity index (χ3n) is 4.36. The molecular formula is C15H24FNOSi. The molecule has 0 aromatic heterocycles. The number of fused-ring (bicyclic) bond motifs is 1. The number of benzene rings is 1. The summed E-state index contributed by atoms with van der Waals surface area (Å²) in [7, 11) is -1.87. The van der Waals surface area contributed by atoms with E-state index in [1.807, 2.05) is 0 Å². The molecule has 4 heteroatoms. The average Bonchev–Trinajstić information content (AvgIpc) is 2.32. The Hall–Kier alpha value is -0.873.